The number of hydrogen-bond donors (Lipinski definition) is 1. The summed E-state index contributed by atoms with van der Waals surface area (Å²) in [6.07, 6.45) is 3.22. The first-order chi connectivity index (χ1) is 12.0. The van der Waals surface area contributed by atoms with Crippen LogP contribution in [0.1, 0.15) is 18.4 Å². The predicted molar refractivity (Wildman–Crippen MR) is 100.0 cm³/mol. The Morgan fingerprint density at radius 3 is 2.72 bits per heavy atom. The first-order valence-electron chi connectivity index (χ1n) is 8.10. The van der Waals surface area contributed by atoms with Crippen molar-refractivity contribution in [2.75, 3.05) is 18.4 Å². The standard InChI is InChI=1S/C18H18BrClFN3O/c19-14-2-4-17(22-10-14)23-18(25)12-5-7-24(8-6-12)11-13-1-3-15(21)9-16(13)20/h1-4,9-10,12H,5-8,11H2,(H,22,23,25). The molecule has 0 aliphatic carbocycles. The van der Waals surface area contributed by atoms with Crippen molar-refractivity contribution < 1.29 is 9.18 Å². The van der Waals surface area contributed by atoms with E-state index in [0.29, 0.717) is 17.4 Å². The van der Waals surface area contributed by atoms with Gasteiger partial charge in [0, 0.05) is 28.2 Å². The van der Waals surface area contributed by atoms with E-state index < -0.39 is 0 Å². The van der Waals surface area contributed by atoms with Gasteiger partial charge in [-0.05, 0) is 71.7 Å². The summed E-state index contributed by atoms with van der Waals surface area (Å²) in [6, 6.07) is 8.09. The number of piperidine rings is 1. The Bertz CT molecular complexity index is 748. The van der Waals surface area contributed by atoms with Gasteiger partial charge in [0.15, 0.2) is 0 Å². The van der Waals surface area contributed by atoms with Crippen LogP contribution in [0.15, 0.2) is 41.0 Å². The van der Waals surface area contributed by atoms with E-state index in [0.717, 1.165) is 36.0 Å². The third kappa shape index (κ3) is 5.00. The van der Waals surface area contributed by atoms with Crippen LogP contribution in [0.2, 0.25) is 5.02 Å². The van der Waals surface area contributed by atoms with E-state index >= 15 is 0 Å². The Labute approximate surface area is 159 Å². The molecule has 0 radical (unpaired) electrons. The number of pyridine rings is 1. The molecule has 1 fully saturated rings. The van der Waals surface area contributed by atoms with Crippen LogP contribution in [0.3, 0.4) is 0 Å². The van der Waals surface area contributed by atoms with Gasteiger partial charge in [-0.1, -0.05) is 17.7 Å². The average Bonchev–Trinajstić information content (AvgIpc) is 2.60. The van der Waals surface area contributed by atoms with E-state index in [9.17, 15) is 9.18 Å². The highest BCUT2D eigenvalue weighted by Crippen LogP contribution is 2.24. The van der Waals surface area contributed by atoms with E-state index in [4.69, 9.17) is 11.6 Å². The van der Waals surface area contributed by atoms with Crippen LogP contribution in [0.25, 0.3) is 0 Å². The number of carbonyl (C=O) groups excluding carboxylic acids is 1. The number of nitrogens with zero attached hydrogens (tertiary/aromatic N) is 2. The Hall–Kier alpha value is -1.50. The summed E-state index contributed by atoms with van der Waals surface area (Å²) in [5.74, 6) is 0.221. The van der Waals surface area contributed by atoms with Gasteiger partial charge in [0.05, 0.1) is 0 Å². The molecule has 1 N–H and O–H groups in total. The summed E-state index contributed by atoms with van der Waals surface area (Å²) in [7, 11) is 0. The molecule has 4 nitrogen and oxygen atoms in total. The molecule has 0 atom stereocenters. The summed E-state index contributed by atoms with van der Waals surface area (Å²) in [6.45, 7) is 2.28. The van der Waals surface area contributed by atoms with E-state index in [-0.39, 0.29) is 17.6 Å². The Morgan fingerprint density at radius 1 is 1.32 bits per heavy atom. The predicted octanol–water partition coefficient (Wildman–Crippen LogP) is 4.49. The van der Waals surface area contributed by atoms with Crippen LogP contribution < -0.4 is 5.32 Å². The van der Waals surface area contributed by atoms with Gasteiger partial charge in [-0.25, -0.2) is 9.37 Å². The molecule has 1 aliphatic heterocycles. The molecule has 0 saturated carbocycles. The van der Waals surface area contributed by atoms with Crippen molar-refractivity contribution in [1.82, 2.24) is 9.88 Å². The molecule has 1 amide bonds. The van der Waals surface area contributed by atoms with Gasteiger partial charge in [0.1, 0.15) is 11.6 Å². The number of carbonyl (C=O) groups is 1. The van der Waals surface area contributed by atoms with Gasteiger partial charge in [-0.3, -0.25) is 9.69 Å². The Balaban J connectivity index is 1.51. The number of hydrogen-bond acceptors (Lipinski definition) is 3. The summed E-state index contributed by atoms with van der Waals surface area (Å²) in [5.41, 5.74) is 0.907. The van der Waals surface area contributed by atoms with Crippen LogP contribution in [0.5, 0.6) is 0 Å². The van der Waals surface area contributed by atoms with E-state index in [1.165, 1.54) is 12.1 Å². The zero-order chi connectivity index (χ0) is 17.8. The Morgan fingerprint density at radius 2 is 2.08 bits per heavy atom. The van der Waals surface area contributed by atoms with Gasteiger partial charge in [0.25, 0.3) is 0 Å². The van der Waals surface area contributed by atoms with Crippen molar-refractivity contribution in [3.8, 4) is 0 Å². The third-order valence-electron chi connectivity index (χ3n) is 4.35. The molecule has 1 aromatic carbocycles. The lowest BCUT2D eigenvalue weighted by molar-refractivity contribution is -0.121. The summed E-state index contributed by atoms with van der Waals surface area (Å²) in [5, 5.41) is 3.31. The maximum Gasteiger partial charge on any atom is 0.228 e. The number of likely N-dealkylation sites (tertiary alicyclic amines) is 1. The molecular formula is C18H18BrClFN3O. The molecular weight excluding hydrogens is 409 g/mol. The molecule has 7 heteroatoms. The second-order valence-electron chi connectivity index (χ2n) is 6.14. The minimum absolute atomic E-state index is 0.00860. The van der Waals surface area contributed by atoms with Gasteiger partial charge in [-0.15, -0.1) is 0 Å². The summed E-state index contributed by atoms with van der Waals surface area (Å²) in [4.78, 5) is 18.8. The number of anilines is 1. The van der Waals surface area contributed by atoms with Crippen LogP contribution in [-0.4, -0.2) is 28.9 Å². The fourth-order valence-electron chi connectivity index (χ4n) is 2.92. The fourth-order valence-corrected chi connectivity index (χ4v) is 3.38. The second-order valence-corrected chi connectivity index (χ2v) is 7.46. The molecule has 1 aliphatic rings. The van der Waals surface area contributed by atoms with Crippen molar-refractivity contribution in [2.24, 2.45) is 5.92 Å². The number of aromatic nitrogens is 1. The quantitative estimate of drug-likeness (QED) is 0.783. The number of nitrogens with one attached hydrogen (secondary N) is 1. The van der Waals surface area contributed by atoms with E-state index in [1.54, 1.807) is 18.3 Å². The first-order valence-corrected chi connectivity index (χ1v) is 9.27. The molecule has 132 valence electrons. The summed E-state index contributed by atoms with van der Waals surface area (Å²) >= 11 is 9.41. The third-order valence-corrected chi connectivity index (χ3v) is 5.17. The minimum Gasteiger partial charge on any atom is -0.310 e. The zero-order valence-electron chi connectivity index (χ0n) is 13.5. The van der Waals surface area contributed by atoms with Crippen LogP contribution in [-0.2, 0) is 11.3 Å². The molecule has 0 spiro atoms. The first kappa shape index (κ1) is 18.3. The largest absolute Gasteiger partial charge is 0.310 e. The zero-order valence-corrected chi connectivity index (χ0v) is 15.9. The van der Waals surface area contributed by atoms with Crippen molar-refractivity contribution in [3.63, 3.8) is 0 Å². The highest BCUT2D eigenvalue weighted by atomic mass is 79.9. The number of rotatable bonds is 4. The maximum absolute atomic E-state index is 13.1. The average molecular weight is 427 g/mol. The molecule has 1 saturated heterocycles. The van der Waals surface area contributed by atoms with E-state index in [2.05, 4.69) is 31.1 Å². The molecule has 0 bridgehead atoms. The monoisotopic (exact) mass is 425 g/mol. The van der Waals surface area contributed by atoms with Crippen molar-refractivity contribution in [1.29, 1.82) is 0 Å². The number of halogens is 3. The van der Waals surface area contributed by atoms with Gasteiger partial charge in [-0.2, -0.15) is 0 Å². The lowest BCUT2D eigenvalue weighted by Crippen LogP contribution is -2.37. The van der Waals surface area contributed by atoms with Crippen molar-refractivity contribution in [2.45, 2.75) is 19.4 Å². The molecule has 3 rings (SSSR count). The molecule has 1 aromatic heterocycles. The second kappa shape index (κ2) is 8.25. The molecule has 25 heavy (non-hydrogen) atoms. The highest BCUT2D eigenvalue weighted by molar-refractivity contribution is 9.10. The van der Waals surface area contributed by atoms with Gasteiger partial charge in [0.2, 0.25) is 5.91 Å². The lowest BCUT2D eigenvalue weighted by Gasteiger charge is -2.31. The molecule has 0 unspecified atom stereocenters. The van der Waals surface area contributed by atoms with Crippen LogP contribution >= 0.6 is 27.5 Å². The summed E-state index contributed by atoms with van der Waals surface area (Å²) < 4.78 is 14.0. The fraction of sp³-hybridized carbons (Fsp3) is 0.333. The molecule has 2 heterocycles. The SMILES string of the molecule is O=C(Nc1ccc(Br)cn1)C1CCN(Cc2ccc(F)cc2Cl)CC1. The lowest BCUT2D eigenvalue weighted by atomic mass is 9.95. The maximum atomic E-state index is 13.1. The van der Waals surface area contributed by atoms with Crippen LogP contribution in [0.4, 0.5) is 10.2 Å². The molecule has 2 aromatic rings. The number of benzene rings is 1. The van der Waals surface area contributed by atoms with Crippen LogP contribution in [0, 0.1) is 11.7 Å². The highest BCUT2D eigenvalue weighted by Gasteiger charge is 2.25. The van der Waals surface area contributed by atoms with Gasteiger partial charge >= 0.3 is 0 Å². The van der Waals surface area contributed by atoms with E-state index in [1.807, 2.05) is 6.07 Å². The number of amides is 1. The Kier molecular flexibility index (Phi) is 6.04. The smallest absolute Gasteiger partial charge is 0.228 e. The normalized spacial score (nSPS) is 16.0. The van der Waals surface area contributed by atoms with Crippen molar-refractivity contribution in [3.05, 3.63) is 57.4 Å². The minimum atomic E-state index is -0.328. The van der Waals surface area contributed by atoms with Crippen molar-refractivity contribution >= 4 is 39.3 Å². The van der Waals surface area contributed by atoms with Gasteiger partial charge < -0.3 is 5.32 Å². The topological polar surface area (TPSA) is 45.2 Å².